The molecule has 0 amide bonds. The van der Waals surface area contributed by atoms with Crippen molar-refractivity contribution in [2.24, 2.45) is 0 Å². The van der Waals surface area contributed by atoms with Crippen molar-refractivity contribution in [2.75, 3.05) is 52.8 Å². The minimum atomic E-state index is 0.443. The van der Waals surface area contributed by atoms with Crippen LogP contribution in [-0.4, -0.2) is 57.7 Å². The summed E-state index contributed by atoms with van der Waals surface area (Å²) >= 11 is 4.49. The zero-order chi connectivity index (χ0) is 13.9. The van der Waals surface area contributed by atoms with Crippen LogP contribution in [0.1, 0.15) is 11.5 Å². The molecule has 1 aromatic carbocycles. The summed E-state index contributed by atoms with van der Waals surface area (Å²) in [5.41, 5.74) is 1.34. The van der Waals surface area contributed by atoms with Crippen LogP contribution in [0.2, 0.25) is 0 Å². The molecule has 108 valence electrons. The minimum absolute atomic E-state index is 0.443. The lowest BCUT2D eigenvalue weighted by molar-refractivity contribution is 0.111. The van der Waals surface area contributed by atoms with E-state index in [0.29, 0.717) is 5.92 Å². The Morgan fingerprint density at radius 1 is 1.05 bits per heavy atom. The van der Waals surface area contributed by atoms with Gasteiger partial charge in [-0.25, -0.2) is 0 Å². The predicted octanol–water partition coefficient (Wildman–Crippen LogP) is 2.29. The Morgan fingerprint density at radius 2 is 1.63 bits per heavy atom. The Kier molecular flexibility index (Phi) is 8.91. The normalized spacial score (nSPS) is 12.8. The first kappa shape index (κ1) is 16.5. The van der Waals surface area contributed by atoms with Crippen LogP contribution in [0.4, 0.5) is 0 Å². The first-order valence-electron chi connectivity index (χ1n) is 6.67. The largest absolute Gasteiger partial charge is 0.383 e. The molecule has 0 radical (unpaired) electrons. The van der Waals surface area contributed by atoms with Crippen molar-refractivity contribution in [2.45, 2.75) is 5.92 Å². The van der Waals surface area contributed by atoms with Gasteiger partial charge in [-0.05, 0) is 11.3 Å². The second-order valence-electron chi connectivity index (χ2n) is 4.58. The molecule has 0 saturated carbocycles. The van der Waals surface area contributed by atoms with Crippen molar-refractivity contribution in [1.29, 1.82) is 0 Å². The summed E-state index contributed by atoms with van der Waals surface area (Å²) < 4.78 is 10.3. The molecule has 0 aliphatic heterocycles. The molecule has 0 aliphatic carbocycles. The Bertz CT molecular complexity index is 313. The Balaban J connectivity index is 2.58. The van der Waals surface area contributed by atoms with Gasteiger partial charge in [0.25, 0.3) is 0 Å². The number of nitrogens with zero attached hydrogens (tertiary/aromatic N) is 1. The number of rotatable bonds is 10. The quantitative estimate of drug-likeness (QED) is 0.666. The van der Waals surface area contributed by atoms with Gasteiger partial charge in [0, 0.05) is 39.8 Å². The molecule has 1 atom stereocenters. The van der Waals surface area contributed by atoms with Gasteiger partial charge < -0.3 is 9.47 Å². The van der Waals surface area contributed by atoms with E-state index in [4.69, 9.17) is 9.47 Å². The third-order valence-corrected chi connectivity index (χ3v) is 3.63. The number of ether oxygens (including phenoxy) is 2. The lowest BCUT2D eigenvalue weighted by atomic mass is 10.0. The second-order valence-corrected chi connectivity index (χ2v) is 4.94. The van der Waals surface area contributed by atoms with Crippen LogP contribution in [0.25, 0.3) is 0 Å². The van der Waals surface area contributed by atoms with Crippen LogP contribution >= 0.6 is 12.6 Å². The van der Waals surface area contributed by atoms with Gasteiger partial charge in [0.2, 0.25) is 0 Å². The van der Waals surface area contributed by atoms with E-state index in [0.717, 1.165) is 38.6 Å². The smallest absolute Gasteiger partial charge is 0.0589 e. The zero-order valence-corrected chi connectivity index (χ0v) is 12.8. The number of hydrogen-bond acceptors (Lipinski definition) is 4. The van der Waals surface area contributed by atoms with Gasteiger partial charge in [-0.15, -0.1) is 0 Å². The molecule has 0 bridgehead atoms. The lowest BCUT2D eigenvalue weighted by Gasteiger charge is -2.26. The molecular formula is C15H25NO2S. The third kappa shape index (κ3) is 6.43. The molecule has 0 aromatic heterocycles. The number of thiol groups is 1. The predicted molar refractivity (Wildman–Crippen MR) is 83.2 cm³/mol. The maximum atomic E-state index is 5.17. The first-order valence-corrected chi connectivity index (χ1v) is 7.31. The summed E-state index contributed by atoms with van der Waals surface area (Å²) in [6.45, 7) is 4.34. The van der Waals surface area contributed by atoms with Crippen molar-refractivity contribution in [3.63, 3.8) is 0 Å². The topological polar surface area (TPSA) is 21.7 Å². The summed E-state index contributed by atoms with van der Waals surface area (Å²) in [4.78, 5) is 2.38. The molecule has 1 rings (SSSR count). The van der Waals surface area contributed by atoms with Crippen molar-refractivity contribution in [1.82, 2.24) is 4.90 Å². The molecule has 0 N–H and O–H groups in total. The summed E-state index contributed by atoms with van der Waals surface area (Å²) in [5, 5.41) is 0. The van der Waals surface area contributed by atoms with Crippen molar-refractivity contribution < 1.29 is 9.47 Å². The van der Waals surface area contributed by atoms with E-state index >= 15 is 0 Å². The molecule has 19 heavy (non-hydrogen) atoms. The van der Waals surface area contributed by atoms with Gasteiger partial charge >= 0.3 is 0 Å². The van der Waals surface area contributed by atoms with Crippen molar-refractivity contribution in [3.8, 4) is 0 Å². The molecule has 4 heteroatoms. The molecule has 1 aromatic rings. The molecule has 0 aliphatic rings. The Hall–Kier alpha value is -0.550. The van der Waals surface area contributed by atoms with Crippen molar-refractivity contribution >= 4 is 12.6 Å². The van der Waals surface area contributed by atoms with E-state index in [1.165, 1.54) is 5.56 Å². The fourth-order valence-corrected chi connectivity index (χ4v) is 2.37. The second kappa shape index (κ2) is 10.3. The Morgan fingerprint density at radius 3 is 2.11 bits per heavy atom. The van der Waals surface area contributed by atoms with E-state index in [-0.39, 0.29) is 0 Å². The molecule has 3 nitrogen and oxygen atoms in total. The van der Waals surface area contributed by atoms with Gasteiger partial charge in [-0.2, -0.15) is 12.6 Å². The van der Waals surface area contributed by atoms with Gasteiger partial charge in [0.05, 0.1) is 13.2 Å². The van der Waals surface area contributed by atoms with Gasteiger partial charge in [-0.1, -0.05) is 30.3 Å². The fraction of sp³-hybridized carbons (Fsp3) is 0.600. The van der Waals surface area contributed by atoms with Crippen LogP contribution in [0.15, 0.2) is 30.3 Å². The van der Waals surface area contributed by atoms with Crippen LogP contribution in [-0.2, 0) is 9.47 Å². The maximum Gasteiger partial charge on any atom is 0.0589 e. The zero-order valence-electron chi connectivity index (χ0n) is 11.9. The van der Waals surface area contributed by atoms with E-state index in [9.17, 15) is 0 Å². The fourth-order valence-electron chi connectivity index (χ4n) is 2.04. The SMILES string of the molecule is COCCN(CCOC)CC(CS)c1ccccc1. The monoisotopic (exact) mass is 283 g/mol. The van der Waals surface area contributed by atoms with Crippen LogP contribution in [0.5, 0.6) is 0 Å². The molecule has 0 saturated heterocycles. The summed E-state index contributed by atoms with van der Waals surface area (Å²) in [6.07, 6.45) is 0. The summed E-state index contributed by atoms with van der Waals surface area (Å²) in [5.74, 6) is 1.29. The highest BCUT2D eigenvalue weighted by molar-refractivity contribution is 7.80. The molecular weight excluding hydrogens is 258 g/mol. The van der Waals surface area contributed by atoms with Crippen LogP contribution < -0.4 is 0 Å². The first-order chi connectivity index (χ1) is 9.31. The highest BCUT2D eigenvalue weighted by Gasteiger charge is 2.14. The van der Waals surface area contributed by atoms with E-state index < -0.39 is 0 Å². The summed E-state index contributed by atoms with van der Waals surface area (Å²) in [6, 6.07) is 10.6. The van der Waals surface area contributed by atoms with E-state index in [1.54, 1.807) is 14.2 Å². The van der Waals surface area contributed by atoms with E-state index in [2.05, 4.69) is 41.8 Å². The van der Waals surface area contributed by atoms with E-state index in [1.807, 2.05) is 6.07 Å². The standard InChI is InChI=1S/C15H25NO2S/c1-17-10-8-16(9-11-18-2)12-15(13-19)14-6-4-3-5-7-14/h3-7,15,19H,8-13H2,1-2H3. The maximum absolute atomic E-state index is 5.17. The highest BCUT2D eigenvalue weighted by atomic mass is 32.1. The molecule has 0 spiro atoms. The van der Waals surface area contributed by atoms with Crippen LogP contribution in [0, 0.1) is 0 Å². The average Bonchev–Trinajstić information content (AvgIpc) is 2.47. The molecule has 0 heterocycles. The third-order valence-electron chi connectivity index (χ3n) is 3.19. The Labute approximate surface area is 122 Å². The van der Waals surface area contributed by atoms with Crippen molar-refractivity contribution in [3.05, 3.63) is 35.9 Å². The van der Waals surface area contributed by atoms with Crippen LogP contribution in [0.3, 0.4) is 0 Å². The molecule has 0 fully saturated rings. The number of methoxy groups -OCH3 is 2. The lowest BCUT2D eigenvalue weighted by Crippen LogP contribution is -2.34. The van der Waals surface area contributed by atoms with Gasteiger partial charge in [-0.3, -0.25) is 4.90 Å². The minimum Gasteiger partial charge on any atom is -0.383 e. The highest BCUT2D eigenvalue weighted by Crippen LogP contribution is 2.18. The number of benzene rings is 1. The van der Waals surface area contributed by atoms with Gasteiger partial charge in [0.15, 0.2) is 0 Å². The molecule has 1 unspecified atom stereocenters. The average molecular weight is 283 g/mol. The van der Waals surface area contributed by atoms with Gasteiger partial charge in [0.1, 0.15) is 0 Å². The summed E-state index contributed by atoms with van der Waals surface area (Å²) in [7, 11) is 3.48. The number of hydrogen-bond donors (Lipinski definition) is 1.